The summed E-state index contributed by atoms with van der Waals surface area (Å²) in [6.07, 6.45) is 6.75. The standard InChI is InChI=1S/C28H35N3O2/c32-26(29-20-22-7-3-1-4-8-22)25-19-28(25)13-17-31(18-14-28)27(33)24-11-9-23(10-12-24)21-30-15-5-2-6-16-30/h1,3-4,7-12,25H,2,5-6,13-21H2,(H,29,32)/t25-/m0/s1. The molecule has 2 amide bonds. The van der Waals surface area contributed by atoms with Crippen LogP contribution in [0.1, 0.15) is 60.0 Å². The summed E-state index contributed by atoms with van der Waals surface area (Å²) < 4.78 is 0. The monoisotopic (exact) mass is 445 g/mol. The van der Waals surface area contributed by atoms with Crippen molar-refractivity contribution in [3.8, 4) is 0 Å². The molecule has 2 aromatic carbocycles. The second-order valence-corrected chi connectivity index (χ2v) is 10.1. The second-order valence-electron chi connectivity index (χ2n) is 10.1. The summed E-state index contributed by atoms with van der Waals surface area (Å²) in [7, 11) is 0. The van der Waals surface area contributed by atoms with Crippen molar-refractivity contribution < 1.29 is 9.59 Å². The van der Waals surface area contributed by atoms with Gasteiger partial charge >= 0.3 is 0 Å². The molecular weight excluding hydrogens is 410 g/mol. The van der Waals surface area contributed by atoms with Crippen molar-refractivity contribution in [3.05, 3.63) is 71.3 Å². The van der Waals surface area contributed by atoms with Crippen LogP contribution in [0, 0.1) is 11.3 Å². The van der Waals surface area contributed by atoms with E-state index in [0.29, 0.717) is 6.54 Å². The summed E-state index contributed by atoms with van der Waals surface area (Å²) in [5.74, 6) is 0.399. The van der Waals surface area contributed by atoms with E-state index in [-0.39, 0.29) is 23.1 Å². The number of nitrogens with zero attached hydrogens (tertiary/aromatic N) is 2. The van der Waals surface area contributed by atoms with Crippen LogP contribution in [0.15, 0.2) is 54.6 Å². The topological polar surface area (TPSA) is 52.7 Å². The normalized spacial score (nSPS) is 22.2. The summed E-state index contributed by atoms with van der Waals surface area (Å²) >= 11 is 0. The van der Waals surface area contributed by atoms with E-state index in [4.69, 9.17) is 0 Å². The molecule has 1 atom stereocenters. The first-order chi connectivity index (χ1) is 16.1. The average Bonchev–Trinajstić information content (AvgIpc) is 3.57. The van der Waals surface area contributed by atoms with Crippen LogP contribution >= 0.6 is 0 Å². The maximum Gasteiger partial charge on any atom is 0.253 e. The van der Waals surface area contributed by atoms with Gasteiger partial charge in [-0.2, -0.15) is 0 Å². The van der Waals surface area contributed by atoms with Crippen molar-refractivity contribution in [1.29, 1.82) is 0 Å². The van der Waals surface area contributed by atoms with Gasteiger partial charge in [-0.15, -0.1) is 0 Å². The Morgan fingerprint density at radius 1 is 0.848 bits per heavy atom. The molecule has 33 heavy (non-hydrogen) atoms. The van der Waals surface area contributed by atoms with Crippen LogP contribution in [0.4, 0.5) is 0 Å². The summed E-state index contributed by atoms with van der Waals surface area (Å²) in [6.45, 7) is 5.43. The van der Waals surface area contributed by atoms with Gasteiger partial charge in [0.2, 0.25) is 5.91 Å². The Morgan fingerprint density at radius 2 is 1.55 bits per heavy atom. The van der Waals surface area contributed by atoms with E-state index in [9.17, 15) is 9.59 Å². The summed E-state index contributed by atoms with van der Waals surface area (Å²) in [4.78, 5) is 30.2. The van der Waals surface area contributed by atoms with Gasteiger partial charge in [0.05, 0.1) is 0 Å². The minimum atomic E-state index is 0.104. The molecule has 0 radical (unpaired) electrons. The highest BCUT2D eigenvalue weighted by Gasteiger charge is 2.58. The number of hydrogen-bond acceptors (Lipinski definition) is 3. The third-order valence-electron chi connectivity index (χ3n) is 7.92. The van der Waals surface area contributed by atoms with Gasteiger partial charge in [0.25, 0.3) is 5.91 Å². The molecule has 2 saturated heterocycles. The third kappa shape index (κ3) is 5.14. The van der Waals surface area contributed by atoms with E-state index in [2.05, 4.69) is 22.3 Å². The van der Waals surface area contributed by atoms with Crippen LogP contribution in [0.2, 0.25) is 0 Å². The number of benzene rings is 2. The van der Waals surface area contributed by atoms with Crippen molar-refractivity contribution in [3.63, 3.8) is 0 Å². The molecule has 3 fully saturated rings. The number of amides is 2. The molecule has 0 aromatic heterocycles. The van der Waals surface area contributed by atoms with E-state index < -0.39 is 0 Å². The molecule has 174 valence electrons. The number of piperidine rings is 2. The van der Waals surface area contributed by atoms with Crippen LogP contribution in [-0.2, 0) is 17.9 Å². The Kier molecular flexibility index (Phi) is 6.50. The molecule has 2 heterocycles. The molecule has 0 unspecified atom stereocenters. The average molecular weight is 446 g/mol. The van der Waals surface area contributed by atoms with Gasteiger partial charge in [-0.25, -0.2) is 0 Å². The highest BCUT2D eigenvalue weighted by Crippen LogP contribution is 2.59. The zero-order chi connectivity index (χ0) is 22.7. The predicted molar refractivity (Wildman–Crippen MR) is 130 cm³/mol. The third-order valence-corrected chi connectivity index (χ3v) is 7.92. The summed E-state index contributed by atoms with van der Waals surface area (Å²) in [6, 6.07) is 18.2. The van der Waals surface area contributed by atoms with E-state index in [1.807, 2.05) is 47.4 Å². The SMILES string of the molecule is O=C(NCc1ccccc1)[C@@H]1CC12CCN(C(=O)c1ccc(CN3CCCCC3)cc1)CC2. The molecule has 2 aromatic rings. The second kappa shape index (κ2) is 9.68. The molecule has 1 N–H and O–H groups in total. The zero-order valence-corrected chi connectivity index (χ0v) is 19.5. The molecule has 3 aliphatic rings. The number of nitrogens with one attached hydrogen (secondary N) is 1. The highest BCUT2D eigenvalue weighted by atomic mass is 16.2. The predicted octanol–water partition coefficient (Wildman–Crippen LogP) is 4.23. The van der Waals surface area contributed by atoms with Crippen LogP contribution in [0.3, 0.4) is 0 Å². The van der Waals surface area contributed by atoms with E-state index in [0.717, 1.165) is 50.0 Å². The van der Waals surface area contributed by atoms with Crippen molar-refractivity contribution in [2.24, 2.45) is 11.3 Å². The van der Waals surface area contributed by atoms with Crippen molar-refractivity contribution in [2.45, 2.75) is 51.6 Å². The molecular formula is C28H35N3O2. The maximum absolute atomic E-state index is 13.0. The van der Waals surface area contributed by atoms with Crippen LogP contribution < -0.4 is 5.32 Å². The fraction of sp³-hybridized carbons (Fsp3) is 0.500. The van der Waals surface area contributed by atoms with E-state index >= 15 is 0 Å². The first kappa shape index (κ1) is 22.1. The van der Waals surface area contributed by atoms with Gasteiger partial charge in [0.1, 0.15) is 0 Å². The Hall–Kier alpha value is -2.66. The van der Waals surface area contributed by atoms with E-state index in [1.54, 1.807) is 0 Å². The molecule has 1 spiro atoms. The molecule has 1 saturated carbocycles. The first-order valence-corrected chi connectivity index (χ1v) is 12.6. The quantitative estimate of drug-likeness (QED) is 0.724. The fourth-order valence-corrected chi connectivity index (χ4v) is 5.65. The molecule has 2 aliphatic heterocycles. The first-order valence-electron chi connectivity index (χ1n) is 12.6. The molecule has 5 rings (SSSR count). The minimum Gasteiger partial charge on any atom is -0.352 e. The van der Waals surface area contributed by atoms with Crippen molar-refractivity contribution in [1.82, 2.24) is 15.1 Å². The molecule has 5 heteroatoms. The summed E-state index contributed by atoms with van der Waals surface area (Å²) in [5, 5.41) is 3.10. The Labute approximate surface area is 197 Å². The maximum atomic E-state index is 13.0. The molecule has 1 aliphatic carbocycles. The number of rotatable bonds is 6. The minimum absolute atomic E-state index is 0.104. The van der Waals surface area contributed by atoms with Crippen molar-refractivity contribution >= 4 is 11.8 Å². The van der Waals surface area contributed by atoms with Gasteiger partial charge in [0, 0.05) is 37.7 Å². The lowest BCUT2D eigenvalue weighted by molar-refractivity contribution is -0.123. The van der Waals surface area contributed by atoms with Crippen LogP contribution in [0.25, 0.3) is 0 Å². The molecule has 5 nitrogen and oxygen atoms in total. The Morgan fingerprint density at radius 3 is 2.24 bits per heavy atom. The lowest BCUT2D eigenvalue weighted by atomic mass is 9.90. The molecule has 0 bridgehead atoms. The van der Waals surface area contributed by atoms with Gasteiger partial charge in [-0.1, -0.05) is 48.9 Å². The summed E-state index contributed by atoms with van der Waals surface area (Å²) in [5.41, 5.74) is 3.30. The number of carbonyl (C=O) groups excluding carboxylic acids is 2. The van der Waals surface area contributed by atoms with Crippen LogP contribution in [-0.4, -0.2) is 47.8 Å². The largest absolute Gasteiger partial charge is 0.352 e. The van der Waals surface area contributed by atoms with Crippen LogP contribution in [0.5, 0.6) is 0 Å². The number of carbonyl (C=O) groups is 2. The van der Waals surface area contributed by atoms with Crippen molar-refractivity contribution in [2.75, 3.05) is 26.2 Å². The zero-order valence-electron chi connectivity index (χ0n) is 19.5. The smallest absolute Gasteiger partial charge is 0.253 e. The Balaban J connectivity index is 1.09. The van der Waals surface area contributed by atoms with Gasteiger partial charge in [-0.3, -0.25) is 14.5 Å². The van der Waals surface area contributed by atoms with Gasteiger partial charge in [-0.05, 0) is 73.9 Å². The fourth-order valence-electron chi connectivity index (χ4n) is 5.65. The van der Waals surface area contributed by atoms with E-state index in [1.165, 1.54) is 37.9 Å². The lowest BCUT2D eigenvalue weighted by Gasteiger charge is -2.33. The lowest BCUT2D eigenvalue weighted by Crippen LogP contribution is -2.40. The van der Waals surface area contributed by atoms with Gasteiger partial charge in [0.15, 0.2) is 0 Å². The number of likely N-dealkylation sites (tertiary alicyclic amines) is 2. The number of hydrogen-bond donors (Lipinski definition) is 1. The Bertz CT molecular complexity index is 958. The highest BCUT2D eigenvalue weighted by molar-refractivity contribution is 5.94. The van der Waals surface area contributed by atoms with Gasteiger partial charge < -0.3 is 10.2 Å².